The van der Waals surface area contributed by atoms with Crippen LogP contribution in [-0.2, 0) is 37.5 Å². The molecule has 0 aliphatic carbocycles. The van der Waals surface area contributed by atoms with Gasteiger partial charge in [-0.1, -0.05) is 13.8 Å². The van der Waals surface area contributed by atoms with Gasteiger partial charge in [0.1, 0.15) is 0 Å². The predicted molar refractivity (Wildman–Crippen MR) is 58.5 cm³/mol. The van der Waals surface area contributed by atoms with Crippen LogP contribution >= 0.6 is 0 Å². The number of benzene rings is 1. The van der Waals surface area contributed by atoms with Crippen molar-refractivity contribution in [3.8, 4) is 0 Å². The van der Waals surface area contributed by atoms with Gasteiger partial charge in [0, 0.05) is 44.8 Å². The molecular weight excluding hydrogens is 277 g/mol. The number of nitrogens with one attached hydrogen (secondary N) is 1. The summed E-state index contributed by atoms with van der Waals surface area (Å²) in [6.45, 7) is 4.01. The van der Waals surface area contributed by atoms with E-state index in [0.717, 1.165) is 16.8 Å². The molecule has 1 radical (unpaired) electrons. The van der Waals surface area contributed by atoms with E-state index in [1.54, 1.807) is 0 Å². The molecule has 1 aromatic carbocycles. The van der Waals surface area contributed by atoms with E-state index in [9.17, 15) is 4.79 Å². The monoisotopic (exact) mass is 290 g/mol. The van der Waals surface area contributed by atoms with Gasteiger partial charge in [-0.25, -0.2) is 5.43 Å². The Labute approximate surface area is 121 Å². The van der Waals surface area contributed by atoms with Crippen LogP contribution in [0.1, 0.15) is 24.5 Å². The summed E-state index contributed by atoms with van der Waals surface area (Å²) in [6, 6.07) is 9.07. The minimum absolute atomic E-state index is 0. The molecule has 4 heteroatoms. The Balaban J connectivity index is 0.00000128. The number of hydrogen-bond acceptors (Lipinski definition) is 2. The van der Waals surface area contributed by atoms with Crippen LogP contribution in [0.2, 0.25) is 0 Å². The summed E-state index contributed by atoms with van der Waals surface area (Å²) in [5.74, 6) is 0.164. The molecular formula is C12H13N2OY-. The van der Waals surface area contributed by atoms with E-state index < -0.39 is 0 Å². The standard InChI is InChI=1S/C12H13N2O.Y/c1-8-3-5-10(6-4-8)12-9(2)7-11(15)13-14-12;/h3,5-6,9H,7H2,1-2H3,(H,13,15);/q-1;. The number of carbonyl (C=O) groups excluding carboxylic acids is 1. The molecule has 1 atom stereocenters. The first-order valence-corrected chi connectivity index (χ1v) is 5.02. The third-order valence-corrected chi connectivity index (χ3v) is 2.52. The van der Waals surface area contributed by atoms with Gasteiger partial charge in [0.25, 0.3) is 0 Å². The first-order valence-electron chi connectivity index (χ1n) is 5.02. The number of carbonyl (C=O) groups is 1. The van der Waals surface area contributed by atoms with E-state index in [1.807, 2.05) is 32.0 Å². The van der Waals surface area contributed by atoms with Gasteiger partial charge in [-0.2, -0.15) is 34.9 Å². The molecule has 1 aromatic rings. The van der Waals surface area contributed by atoms with Crippen molar-refractivity contribution in [1.29, 1.82) is 0 Å². The zero-order valence-corrected chi connectivity index (χ0v) is 12.3. The zero-order chi connectivity index (χ0) is 10.8. The van der Waals surface area contributed by atoms with Crippen molar-refractivity contribution in [2.45, 2.75) is 20.3 Å². The summed E-state index contributed by atoms with van der Waals surface area (Å²) in [5.41, 5.74) is 5.59. The maximum Gasteiger partial charge on any atom is 0.240 e. The normalized spacial score (nSPS) is 19.5. The number of rotatable bonds is 1. The molecule has 16 heavy (non-hydrogen) atoms. The average molecular weight is 290 g/mol. The van der Waals surface area contributed by atoms with Crippen molar-refractivity contribution < 1.29 is 37.5 Å². The van der Waals surface area contributed by atoms with Crippen LogP contribution in [0, 0.1) is 18.9 Å². The van der Waals surface area contributed by atoms with Gasteiger partial charge in [-0.05, 0) is 5.92 Å². The van der Waals surface area contributed by atoms with Crippen molar-refractivity contribution in [2.75, 3.05) is 0 Å². The summed E-state index contributed by atoms with van der Waals surface area (Å²) in [6.07, 6.45) is 0.507. The minimum Gasteiger partial charge on any atom is -0.273 e. The van der Waals surface area contributed by atoms with E-state index in [2.05, 4.69) is 16.6 Å². The van der Waals surface area contributed by atoms with E-state index in [1.165, 1.54) is 0 Å². The zero-order valence-electron chi connectivity index (χ0n) is 9.45. The Morgan fingerprint density at radius 2 is 2.25 bits per heavy atom. The fraction of sp³-hybridized carbons (Fsp3) is 0.333. The summed E-state index contributed by atoms with van der Waals surface area (Å²) in [5, 5.41) is 4.09. The van der Waals surface area contributed by atoms with Crippen molar-refractivity contribution in [3.05, 3.63) is 35.4 Å². The van der Waals surface area contributed by atoms with Gasteiger partial charge in [0.05, 0.1) is 0 Å². The summed E-state index contributed by atoms with van der Waals surface area (Å²) >= 11 is 0. The molecule has 1 aliphatic rings. The van der Waals surface area contributed by atoms with Crippen LogP contribution < -0.4 is 5.43 Å². The van der Waals surface area contributed by atoms with Gasteiger partial charge in [-0.3, -0.25) is 4.79 Å². The van der Waals surface area contributed by atoms with Crippen LogP contribution in [0.4, 0.5) is 0 Å². The van der Waals surface area contributed by atoms with E-state index >= 15 is 0 Å². The fourth-order valence-corrected chi connectivity index (χ4v) is 1.66. The molecule has 2 rings (SSSR count). The van der Waals surface area contributed by atoms with Crippen LogP contribution in [0.15, 0.2) is 23.3 Å². The molecule has 1 N–H and O–H groups in total. The Morgan fingerprint density at radius 3 is 2.81 bits per heavy atom. The quantitative estimate of drug-likeness (QED) is 0.785. The number of hydrazone groups is 1. The number of aryl methyl sites for hydroxylation is 1. The Morgan fingerprint density at radius 1 is 1.50 bits per heavy atom. The fourth-order valence-electron chi connectivity index (χ4n) is 1.66. The molecule has 81 valence electrons. The smallest absolute Gasteiger partial charge is 0.240 e. The number of amides is 1. The van der Waals surface area contributed by atoms with Gasteiger partial charge in [0.15, 0.2) is 0 Å². The Hall–Kier alpha value is -0.536. The molecule has 1 unspecified atom stereocenters. The van der Waals surface area contributed by atoms with Crippen LogP contribution in [0.3, 0.4) is 0 Å². The first kappa shape index (κ1) is 13.5. The third-order valence-electron chi connectivity index (χ3n) is 2.52. The third kappa shape index (κ3) is 2.99. The van der Waals surface area contributed by atoms with E-state index in [0.29, 0.717) is 6.42 Å². The van der Waals surface area contributed by atoms with Gasteiger partial charge in [-0.15, -0.1) is 5.56 Å². The average Bonchev–Trinajstić information content (AvgIpc) is 2.20. The molecule has 0 saturated carbocycles. The van der Waals surface area contributed by atoms with Crippen molar-refractivity contribution in [2.24, 2.45) is 11.0 Å². The van der Waals surface area contributed by atoms with Crippen LogP contribution in [0.5, 0.6) is 0 Å². The van der Waals surface area contributed by atoms with Crippen LogP contribution in [0.25, 0.3) is 0 Å². The van der Waals surface area contributed by atoms with Crippen molar-refractivity contribution >= 4 is 11.6 Å². The molecule has 0 fully saturated rings. The number of hydrogen-bond donors (Lipinski definition) is 1. The maximum absolute atomic E-state index is 11.1. The maximum atomic E-state index is 11.1. The first-order chi connectivity index (χ1) is 7.16. The molecule has 0 aromatic heterocycles. The SMILES string of the molecule is Cc1[c-]cc(C2=NNC(=O)CC2C)cc1.[Y]. The topological polar surface area (TPSA) is 41.5 Å². The molecule has 1 heterocycles. The number of nitrogens with zero attached hydrogens (tertiary/aromatic N) is 1. The summed E-state index contributed by atoms with van der Waals surface area (Å²) in [4.78, 5) is 11.1. The Bertz CT molecular complexity index is 412. The van der Waals surface area contributed by atoms with E-state index in [-0.39, 0.29) is 44.5 Å². The van der Waals surface area contributed by atoms with Gasteiger partial charge in [0.2, 0.25) is 5.91 Å². The van der Waals surface area contributed by atoms with Gasteiger partial charge >= 0.3 is 0 Å². The predicted octanol–water partition coefficient (Wildman–Crippen LogP) is 1.65. The van der Waals surface area contributed by atoms with Crippen LogP contribution in [-0.4, -0.2) is 11.6 Å². The largest absolute Gasteiger partial charge is 0.273 e. The summed E-state index contributed by atoms with van der Waals surface area (Å²) < 4.78 is 0. The van der Waals surface area contributed by atoms with Gasteiger partial charge < -0.3 is 0 Å². The molecule has 3 nitrogen and oxygen atoms in total. The minimum atomic E-state index is -0.0117. The Kier molecular flexibility index (Phi) is 4.81. The molecule has 1 amide bonds. The summed E-state index contributed by atoms with van der Waals surface area (Å²) in [7, 11) is 0. The second-order valence-electron chi connectivity index (χ2n) is 3.90. The van der Waals surface area contributed by atoms with Crippen molar-refractivity contribution in [3.63, 3.8) is 0 Å². The van der Waals surface area contributed by atoms with Crippen molar-refractivity contribution in [1.82, 2.24) is 5.43 Å². The molecule has 0 spiro atoms. The molecule has 1 aliphatic heterocycles. The van der Waals surface area contributed by atoms with E-state index in [4.69, 9.17) is 0 Å². The molecule has 0 saturated heterocycles. The second kappa shape index (κ2) is 5.69. The molecule has 0 bridgehead atoms. The second-order valence-corrected chi connectivity index (χ2v) is 3.90.